The molecule has 2 fully saturated rings. The van der Waals surface area contributed by atoms with Crippen LogP contribution in [-0.2, 0) is 14.4 Å². The number of nitrogens with zero attached hydrogens (tertiary/aromatic N) is 3. The lowest BCUT2D eigenvalue weighted by Crippen LogP contribution is -2.61. The van der Waals surface area contributed by atoms with Crippen LogP contribution >= 0.6 is 0 Å². The zero-order valence-corrected chi connectivity index (χ0v) is 24.8. The van der Waals surface area contributed by atoms with Crippen molar-refractivity contribution in [3.05, 3.63) is 35.4 Å². The number of piperazine rings is 1. The molecule has 9 heteroatoms. The smallest absolute Gasteiger partial charge is 0.245 e. The second-order valence-electron chi connectivity index (χ2n) is 13.4. The van der Waals surface area contributed by atoms with E-state index in [2.05, 4.69) is 31.0 Å². The summed E-state index contributed by atoms with van der Waals surface area (Å²) < 4.78 is 28.6. The molecule has 218 valence electrons. The zero-order valence-electron chi connectivity index (χ0n) is 24.8. The third-order valence-corrected chi connectivity index (χ3v) is 7.99. The molecule has 39 heavy (non-hydrogen) atoms. The number of likely N-dealkylation sites (tertiary alicyclic amines) is 1. The van der Waals surface area contributed by atoms with Gasteiger partial charge in [0.05, 0.1) is 5.92 Å². The Morgan fingerprint density at radius 3 is 2.23 bits per heavy atom. The summed E-state index contributed by atoms with van der Waals surface area (Å²) in [4.78, 5) is 45.2. The molecule has 0 spiro atoms. The van der Waals surface area contributed by atoms with E-state index in [-0.39, 0.29) is 34.7 Å². The third kappa shape index (κ3) is 7.56. The number of nitrogens with one attached hydrogen (secondary N) is 1. The van der Waals surface area contributed by atoms with Crippen LogP contribution in [0.15, 0.2) is 18.2 Å². The van der Waals surface area contributed by atoms with E-state index in [4.69, 9.17) is 0 Å². The molecule has 1 aromatic carbocycles. The van der Waals surface area contributed by atoms with Gasteiger partial charge in [0.15, 0.2) is 0 Å². The Balaban J connectivity index is 1.82. The van der Waals surface area contributed by atoms with Crippen molar-refractivity contribution in [2.75, 3.05) is 32.7 Å². The molecule has 3 rings (SSSR count). The molecule has 3 amide bonds. The van der Waals surface area contributed by atoms with Crippen molar-refractivity contribution in [3.8, 4) is 0 Å². The minimum Gasteiger partial charge on any atom is -0.345 e. The number of halogens is 2. The lowest BCUT2D eigenvalue weighted by Gasteiger charge is -2.44. The number of carbonyl (C=O) groups excluding carboxylic acids is 3. The van der Waals surface area contributed by atoms with Crippen molar-refractivity contribution in [2.24, 2.45) is 11.3 Å². The number of benzene rings is 1. The van der Waals surface area contributed by atoms with E-state index in [1.807, 2.05) is 32.6 Å². The van der Waals surface area contributed by atoms with Crippen LogP contribution in [0.1, 0.15) is 79.7 Å². The lowest BCUT2D eigenvalue weighted by atomic mass is 9.86. The highest BCUT2D eigenvalue weighted by molar-refractivity contribution is 5.87. The fourth-order valence-corrected chi connectivity index (χ4v) is 5.91. The van der Waals surface area contributed by atoms with E-state index < -0.39 is 29.5 Å². The first-order valence-corrected chi connectivity index (χ1v) is 14.1. The summed E-state index contributed by atoms with van der Waals surface area (Å²) in [5, 5.41) is 2.83. The van der Waals surface area contributed by atoms with Gasteiger partial charge in [0.1, 0.15) is 17.7 Å². The van der Waals surface area contributed by atoms with Crippen LogP contribution < -0.4 is 5.32 Å². The Kier molecular flexibility index (Phi) is 9.46. The molecule has 2 aliphatic rings. The summed E-state index contributed by atoms with van der Waals surface area (Å²) in [6.07, 6.45) is 1.17. The summed E-state index contributed by atoms with van der Waals surface area (Å²) in [6.45, 7) is 17.8. The molecular weight excluding hydrogens is 502 g/mol. The van der Waals surface area contributed by atoms with Gasteiger partial charge < -0.3 is 15.1 Å². The fraction of sp³-hybridized carbons (Fsp3) is 0.700. The van der Waals surface area contributed by atoms with Gasteiger partial charge >= 0.3 is 0 Å². The van der Waals surface area contributed by atoms with Crippen LogP contribution in [0.3, 0.4) is 0 Å². The molecule has 2 aliphatic heterocycles. The topological polar surface area (TPSA) is 73.0 Å². The molecule has 0 aromatic heterocycles. The Morgan fingerprint density at radius 1 is 1.03 bits per heavy atom. The third-order valence-electron chi connectivity index (χ3n) is 7.99. The molecule has 1 aromatic rings. The average Bonchev–Trinajstić information content (AvgIpc) is 3.27. The Bertz CT molecular complexity index is 1070. The van der Waals surface area contributed by atoms with E-state index >= 15 is 0 Å². The summed E-state index contributed by atoms with van der Waals surface area (Å²) in [7, 11) is 0. The standard InChI is InChI=1S/C30H46F2N4O3/c1-9-21-16-34(12-13-36(21)28(39)26(33-19(2)37)15-29(3,4)5)27(38)24-18-35(30(6,7)8)17-23(24)22-11-10-20(31)14-25(22)32/h10-11,14,21,23-24,26H,9,12-13,15-18H2,1-8H3,(H,33,37)/t21-,23+,24-,26+/m1/s1. The highest BCUT2D eigenvalue weighted by Gasteiger charge is 2.46. The Morgan fingerprint density at radius 2 is 1.69 bits per heavy atom. The highest BCUT2D eigenvalue weighted by Crippen LogP contribution is 2.39. The molecule has 1 N–H and O–H groups in total. The average molecular weight is 549 g/mol. The van der Waals surface area contributed by atoms with E-state index in [0.717, 1.165) is 6.07 Å². The molecule has 7 nitrogen and oxygen atoms in total. The maximum absolute atomic E-state index is 14.9. The largest absolute Gasteiger partial charge is 0.345 e. The first kappa shape index (κ1) is 31.0. The van der Waals surface area contributed by atoms with E-state index in [0.29, 0.717) is 51.1 Å². The van der Waals surface area contributed by atoms with E-state index in [9.17, 15) is 23.2 Å². The first-order chi connectivity index (χ1) is 18.0. The Hall–Kier alpha value is -2.55. The Labute approximate surface area is 232 Å². The predicted octanol–water partition coefficient (Wildman–Crippen LogP) is 4.17. The number of rotatable bonds is 6. The molecule has 0 radical (unpaired) electrons. The maximum Gasteiger partial charge on any atom is 0.245 e. The summed E-state index contributed by atoms with van der Waals surface area (Å²) in [5.41, 5.74) is -0.0105. The predicted molar refractivity (Wildman–Crippen MR) is 148 cm³/mol. The van der Waals surface area contributed by atoms with Crippen LogP contribution in [0.25, 0.3) is 0 Å². The number of amides is 3. The van der Waals surface area contributed by atoms with Crippen LogP contribution in [0.2, 0.25) is 0 Å². The number of hydrogen-bond donors (Lipinski definition) is 1. The molecular formula is C30H46F2N4O3. The fourth-order valence-electron chi connectivity index (χ4n) is 5.91. The van der Waals surface area contributed by atoms with Crippen molar-refractivity contribution in [1.82, 2.24) is 20.0 Å². The molecule has 0 aliphatic carbocycles. The lowest BCUT2D eigenvalue weighted by molar-refractivity contribution is -0.147. The van der Waals surface area contributed by atoms with Crippen molar-refractivity contribution in [2.45, 2.75) is 91.8 Å². The van der Waals surface area contributed by atoms with Crippen LogP contribution in [0, 0.1) is 23.0 Å². The monoisotopic (exact) mass is 548 g/mol. The van der Waals surface area contributed by atoms with Crippen LogP contribution in [0.5, 0.6) is 0 Å². The molecule has 2 saturated heterocycles. The summed E-state index contributed by atoms with van der Waals surface area (Å²) in [6, 6.07) is 2.79. The molecule has 0 bridgehead atoms. The van der Waals surface area contributed by atoms with Gasteiger partial charge in [-0.2, -0.15) is 0 Å². The van der Waals surface area contributed by atoms with Crippen molar-refractivity contribution in [3.63, 3.8) is 0 Å². The van der Waals surface area contributed by atoms with Gasteiger partial charge in [-0.05, 0) is 50.7 Å². The van der Waals surface area contributed by atoms with Gasteiger partial charge in [0.2, 0.25) is 17.7 Å². The van der Waals surface area contributed by atoms with Gasteiger partial charge in [-0.15, -0.1) is 0 Å². The van der Waals surface area contributed by atoms with Crippen LogP contribution in [0.4, 0.5) is 8.78 Å². The van der Waals surface area contributed by atoms with Gasteiger partial charge in [0, 0.05) is 63.2 Å². The van der Waals surface area contributed by atoms with Gasteiger partial charge in [-0.25, -0.2) is 8.78 Å². The normalized spacial score (nSPS) is 23.6. The first-order valence-electron chi connectivity index (χ1n) is 14.1. The molecule has 2 heterocycles. The van der Waals surface area contributed by atoms with Gasteiger partial charge in [0.25, 0.3) is 0 Å². The SMILES string of the molecule is CC[C@@H]1CN(C(=O)[C@@H]2CN(C(C)(C)C)C[C@H]2c2ccc(F)cc2F)CCN1C(=O)[C@H](CC(C)(C)C)NC(C)=O. The van der Waals surface area contributed by atoms with Gasteiger partial charge in [-0.1, -0.05) is 33.8 Å². The van der Waals surface area contributed by atoms with Crippen molar-refractivity contribution in [1.29, 1.82) is 0 Å². The number of carbonyl (C=O) groups is 3. The summed E-state index contributed by atoms with van der Waals surface area (Å²) >= 11 is 0. The quantitative estimate of drug-likeness (QED) is 0.579. The van der Waals surface area contributed by atoms with E-state index in [1.54, 1.807) is 4.90 Å². The second kappa shape index (κ2) is 11.9. The van der Waals surface area contributed by atoms with Crippen molar-refractivity contribution >= 4 is 17.7 Å². The summed E-state index contributed by atoms with van der Waals surface area (Å²) in [5.74, 6) is -2.56. The van der Waals surface area contributed by atoms with Crippen LogP contribution in [-0.4, -0.2) is 82.8 Å². The van der Waals surface area contributed by atoms with Gasteiger partial charge in [-0.3, -0.25) is 19.3 Å². The number of hydrogen-bond acceptors (Lipinski definition) is 4. The molecule has 0 saturated carbocycles. The molecule has 4 atom stereocenters. The maximum atomic E-state index is 14.9. The minimum atomic E-state index is -0.639. The van der Waals surface area contributed by atoms with Crippen molar-refractivity contribution < 1.29 is 23.2 Å². The minimum absolute atomic E-state index is 0.0610. The highest BCUT2D eigenvalue weighted by atomic mass is 19.1. The van der Waals surface area contributed by atoms with E-state index in [1.165, 1.54) is 19.1 Å². The second-order valence-corrected chi connectivity index (χ2v) is 13.4. The zero-order chi connectivity index (χ0) is 29.3. The molecule has 0 unspecified atom stereocenters.